The van der Waals surface area contributed by atoms with E-state index in [9.17, 15) is 0 Å². The quantitative estimate of drug-likeness (QED) is 0.512. The van der Waals surface area contributed by atoms with Crippen LogP contribution in [0.4, 0.5) is 0 Å². The molecule has 1 saturated heterocycles. The molecular weight excluding hydrogens is 370 g/mol. The first-order chi connectivity index (χ1) is 14.3. The summed E-state index contributed by atoms with van der Waals surface area (Å²) in [7, 11) is 1.68. The zero-order valence-corrected chi connectivity index (χ0v) is 17.0. The van der Waals surface area contributed by atoms with Crippen molar-refractivity contribution in [1.29, 1.82) is 0 Å². The number of benzene rings is 1. The van der Waals surface area contributed by atoms with E-state index in [0.717, 1.165) is 67.3 Å². The van der Waals surface area contributed by atoms with Gasteiger partial charge in [0, 0.05) is 31.0 Å². The van der Waals surface area contributed by atoms with Crippen molar-refractivity contribution in [3.8, 4) is 11.5 Å². The number of rotatable bonds is 9. The molecule has 1 fully saturated rings. The fourth-order valence-corrected chi connectivity index (χ4v) is 3.93. The largest absolute Gasteiger partial charge is 0.493 e. The molecule has 0 N–H and O–H groups in total. The molecule has 0 amide bonds. The van der Waals surface area contributed by atoms with Gasteiger partial charge in [-0.25, -0.2) is 9.61 Å². The minimum Gasteiger partial charge on any atom is -0.493 e. The van der Waals surface area contributed by atoms with Crippen LogP contribution >= 0.6 is 0 Å². The molecular formula is C21H27N5O3. The van der Waals surface area contributed by atoms with E-state index in [2.05, 4.69) is 30.8 Å². The number of para-hydroxylation sites is 1. The predicted octanol–water partition coefficient (Wildman–Crippen LogP) is 3.39. The third kappa shape index (κ3) is 4.42. The Morgan fingerprint density at radius 3 is 2.97 bits per heavy atom. The highest BCUT2D eigenvalue weighted by Gasteiger charge is 2.31. The Kier molecular flexibility index (Phi) is 6.09. The number of hydrogen-bond donors (Lipinski definition) is 0. The number of ether oxygens (including phenoxy) is 2. The molecule has 0 bridgehead atoms. The third-order valence-electron chi connectivity index (χ3n) is 5.39. The fourth-order valence-electron chi connectivity index (χ4n) is 3.93. The third-order valence-corrected chi connectivity index (χ3v) is 5.39. The van der Waals surface area contributed by atoms with Gasteiger partial charge in [0.15, 0.2) is 11.5 Å². The molecule has 1 aliphatic rings. The maximum absolute atomic E-state index is 6.19. The zero-order valence-electron chi connectivity index (χ0n) is 17.0. The fraction of sp³-hybridized carbons (Fsp3) is 0.476. The molecule has 8 heteroatoms. The van der Waals surface area contributed by atoms with Gasteiger partial charge in [-0.1, -0.05) is 22.4 Å². The van der Waals surface area contributed by atoms with Gasteiger partial charge in [0.1, 0.15) is 11.4 Å². The van der Waals surface area contributed by atoms with E-state index >= 15 is 0 Å². The van der Waals surface area contributed by atoms with Crippen molar-refractivity contribution in [2.24, 2.45) is 0 Å². The van der Waals surface area contributed by atoms with Crippen LogP contribution in [0.3, 0.4) is 0 Å². The average molecular weight is 397 g/mol. The first-order valence-corrected chi connectivity index (χ1v) is 10.0. The molecule has 3 heterocycles. The molecule has 1 aromatic carbocycles. The summed E-state index contributed by atoms with van der Waals surface area (Å²) < 4.78 is 18.7. The maximum atomic E-state index is 6.19. The van der Waals surface area contributed by atoms with E-state index in [1.54, 1.807) is 13.3 Å². The number of likely N-dealkylation sites (tertiary alicyclic amines) is 1. The molecule has 0 spiro atoms. The van der Waals surface area contributed by atoms with Crippen LogP contribution in [0.2, 0.25) is 0 Å². The van der Waals surface area contributed by atoms with Gasteiger partial charge in [-0.05, 0) is 38.8 Å². The van der Waals surface area contributed by atoms with E-state index in [0.29, 0.717) is 6.61 Å². The smallest absolute Gasteiger partial charge is 0.165 e. The van der Waals surface area contributed by atoms with Crippen molar-refractivity contribution in [2.75, 3.05) is 20.3 Å². The van der Waals surface area contributed by atoms with E-state index in [4.69, 9.17) is 14.1 Å². The van der Waals surface area contributed by atoms with Crippen molar-refractivity contribution in [3.05, 3.63) is 53.9 Å². The van der Waals surface area contributed by atoms with Crippen LogP contribution in [-0.2, 0) is 13.1 Å². The van der Waals surface area contributed by atoms with Crippen molar-refractivity contribution in [1.82, 2.24) is 24.8 Å². The first-order valence-electron chi connectivity index (χ1n) is 10.0. The number of methoxy groups -OCH3 is 1. The Bertz CT molecular complexity index is 909. The normalized spacial score (nSPS) is 17.0. The molecule has 29 heavy (non-hydrogen) atoms. The molecule has 3 aromatic rings. The molecule has 154 valence electrons. The van der Waals surface area contributed by atoms with E-state index < -0.39 is 0 Å². The van der Waals surface area contributed by atoms with Crippen LogP contribution in [0.25, 0.3) is 0 Å². The number of aryl methyl sites for hydroxylation is 2. The summed E-state index contributed by atoms with van der Waals surface area (Å²) in [6.45, 7) is 5.21. The highest BCUT2D eigenvalue weighted by Crippen LogP contribution is 2.37. The van der Waals surface area contributed by atoms with Crippen LogP contribution in [-0.4, -0.2) is 45.0 Å². The Labute approximate surface area is 170 Å². The number of nitrogens with zero attached hydrogens (tertiary/aromatic N) is 5. The first kappa shape index (κ1) is 19.4. The lowest BCUT2D eigenvalue weighted by Crippen LogP contribution is -2.24. The average Bonchev–Trinajstić information content (AvgIpc) is 3.48. The summed E-state index contributed by atoms with van der Waals surface area (Å²) in [5.41, 5.74) is 2.92. The number of hydrogen-bond acceptors (Lipinski definition) is 7. The summed E-state index contributed by atoms with van der Waals surface area (Å²) in [4.78, 5) is 6.49. The molecule has 2 aromatic heterocycles. The Morgan fingerprint density at radius 2 is 2.21 bits per heavy atom. The van der Waals surface area contributed by atoms with Gasteiger partial charge >= 0.3 is 0 Å². The minimum absolute atomic E-state index is 0.224. The highest BCUT2D eigenvalue weighted by atomic mass is 16.6. The maximum Gasteiger partial charge on any atom is 0.165 e. The molecule has 4 rings (SSSR count). The van der Waals surface area contributed by atoms with Crippen LogP contribution < -0.4 is 9.47 Å². The summed E-state index contributed by atoms with van der Waals surface area (Å²) in [6.07, 6.45) is 8.65. The minimum atomic E-state index is 0.224. The summed E-state index contributed by atoms with van der Waals surface area (Å²) in [6, 6.07) is 6.29. The van der Waals surface area contributed by atoms with Crippen LogP contribution in [0.1, 0.15) is 42.3 Å². The SMILES string of the molecule is COc1cccc(CN2CCCC2c2nonc2C)c1OCCCn1ccnc1. The molecule has 0 radical (unpaired) electrons. The molecule has 1 atom stereocenters. The molecule has 0 saturated carbocycles. The zero-order chi connectivity index (χ0) is 20.1. The van der Waals surface area contributed by atoms with Gasteiger partial charge in [-0.2, -0.15) is 0 Å². The molecule has 8 nitrogen and oxygen atoms in total. The number of imidazole rings is 1. The van der Waals surface area contributed by atoms with Gasteiger partial charge < -0.3 is 14.0 Å². The monoisotopic (exact) mass is 397 g/mol. The molecule has 1 aliphatic heterocycles. The Hall–Kier alpha value is -2.87. The lowest BCUT2D eigenvalue weighted by Gasteiger charge is -2.24. The topological polar surface area (TPSA) is 78.4 Å². The van der Waals surface area contributed by atoms with Crippen molar-refractivity contribution in [2.45, 2.75) is 45.3 Å². The summed E-state index contributed by atoms with van der Waals surface area (Å²) in [5.74, 6) is 1.58. The Balaban J connectivity index is 1.45. The van der Waals surface area contributed by atoms with E-state index in [1.165, 1.54) is 0 Å². The molecule has 1 unspecified atom stereocenters. The summed E-state index contributed by atoms with van der Waals surface area (Å²) in [5, 5.41) is 8.09. The summed E-state index contributed by atoms with van der Waals surface area (Å²) >= 11 is 0. The van der Waals surface area contributed by atoms with Crippen molar-refractivity contribution >= 4 is 0 Å². The van der Waals surface area contributed by atoms with Gasteiger partial charge in [-0.15, -0.1) is 0 Å². The van der Waals surface area contributed by atoms with Crippen molar-refractivity contribution < 1.29 is 14.1 Å². The number of aromatic nitrogens is 4. The van der Waals surface area contributed by atoms with Gasteiger partial charge in [0.05, 0.1) is 26.1 Å². The highest BCUT2D eigenvalue weighted by molar-refractivity contribution is 5.46. The van der Waals surface area contributed by atoms with Crippen LogP contribution in [0.15, 0.2) is 41.5 Å². The van der Waals surface area contributed by atoms with Gasteiger partial charge in [0.25, 0.3) is 0 Å². The van der Waals surface area contributed by atoms with Crippen molar-refractivity contribution in [3.63, 3.8) is 0 Å². The Morgan fingerprint density at radius 1 is 1.28 bits per heavy atom. The second kappa shape index (κ2) is 9.09. The lowest BCUT2D eigenvalue weighted by molar-refractivity contribution is 0.223. The second-order valence-corrected chi connectivity index (χ2v) is 7.31. The van der Waals surface area contributed by atoms with Gasteiger partial charge in [-0.3, -0.25) is 4.90 Å². The van der Waals surface area contributed by atoms with E-state index in [1.807, 2.05) is 31.6 Å². The van der Waals surface area contributed by atoms with Crippen LogP contribution in [0, 0.1) is 6.92 Å². The standard InChI is InChI=1S/C21H27N5O3/c1-16-20(24-29-23-16)18-7-4-11-26(18)14-17-6-3-8-19(27-2)21(17)28-13-5-10-25-12-9-22-15-25/h3,6,8-9,12,15,18H,4-5,7,10-11,13-14H2,1-2H3. The predicted molar refractivity (Wildman–Crippen MR) is 107 cm³/mol. The lowest BCUT2D eigenvalue weighted by atomic mass is 10.1. The van der Waals surface area contributed by atoms with E-state index in [-0.39, 0.29) is 6.04 Å². The van der Waals surface area contributed by atoms with Crippen LogP contribution in [0.5, 0.6) is 11.5 Å². The molecule has 0 aliphatic carbocycles. The second-order valence-electron chi connectivity index (χ2n) is 7.31. The van der Waals surface area contributed by atoms with Gasteiger partial charge in [0.2, 0.25) is 0 Å².